The normalized spacial score (nSPS) is 19.0. The Morgan fingerprint density at radius 2 is 2.07 bits per heavy atom. The smallest absolute Gasteiger partial charge is 0.262 e. The molecule has 0 unspecified atom stereocenters. The van der Waals surface area contributed by atoms with E-state index in [-0.39, 0.29) is 5.91 Å². The Labute approximate surface area is 155 Å². The van der Waals surface area contributed by atoms with Gasteiger partial charge in [0.2, 0.25) is 0 Å². The molecular weight excluding hydrogens is 346 g/mol. The van der Waals surface area contributed by atoms with Crippen LogP contribution in [0.25, 0.3) is 5.69 Å². The molecule has 136 valence electrons. The van der Waals surface area contributed by atoms with Crippen molar-refractivity contribution in [2.24, 2.45) is 0 Å². The average Bonchev–Trinajstić information content (AvgIpc) is 3.39. The van der Waals surface area contributed by atoms with Gasteiger partial charge in [-0.2, -0.15) is 5.10 Å². The second kappa shape index (κ2) is 6.15. The van der Waals surface area contributed by atoms with E-state index < -0.39 is 6.17 Å². The Kier molecular flexibility index (Phi) is 3.63. The number of halogens is 1. The Hall–Kier alpha value is -3.29. The van der Waals surface area contributed by atoms with Crippen LogP contribution in [0.1, 0.15) is 22.5 Å². The number of alkyl halides is 1. The van der Waals surface area contributed by atoms with E-state index in [0.29, 0.717) is 31.6 Å². The van der Waals surface area contributed by atoms with Crippen LogP contribution in [-0.2, 0) is 6.54 Å². The number of rotatable bonds is 3. The van der Waals surface area contributed by atoms with Crippen molar-refractivity contribution in [1.29, 1.82) is 0 Å². The first-order chi connectivity index (χ1) is 13.2. The molecule has 1 fully saturated rings. The summed E-state index contributed by atoms with van der Waals surface area (Å²) in [6.07, 6.45) is 6.54. The Morgan fingerprint density at radius 3 is 2.74 bits per heavy atom. The number of fused-ring (bicyclic) bond motifs is 1. The first-order valence-electron chi connectivity index (χ1n) is 8.85. The molecule has 2 aliphatic heterocycles. The van der Waals surface area contributed by atoms with E-state index in [9.17, 15) is 9.18 Å². The van der Waals surface area contributed by atoms with Gasteiger partial charge in [-0.15, -0.1) is 0 Å². The molecule has 1 saturated heterocycles. The number of aromatic nitrogens is 4. The van der Waals surface area contributed by atoms with Crippen LogP contribution in [0.15, 0.2) is 49.1 Å². The van der Waals surface area contributed by atoms with E-state index in [1.165, 1.54) is 0 Å². The molecule has 8 heteroatoms. The molecule has 0 aliphatic carbocycles. The van der Waals surface area contributed by atoms with Crippen molar-refractivity contribution in [3.63, 3.8) is 0 Å². The zero-order chi connectivity index (χ0) is 18.4. The molecule has 0 N–H and O–H groups in total. The second-order valence-corrected chi connectivity index (χ2v) is 6.74. The van der Waals surface area contributed by atoms with Crippen molar-refractivity contribution >= 4 is 17.4 Å². The molecular formula is C19H17FN6O. The number of anilines is 2. The van der Waals surface area contributed by atoms with Gasteiger partial charge in [0, 0.05) is 18.9 Å². The van der Waals surface area contributed by atoms with Crippen molar-refractivity contribution in [2.45, 2.75) is 19.1 Å². The zero-order valence-corrected chi connectivity index (χ0v) is 14.5. The summed E-state index contributed by atoms with van der Waals surface area (Å²) in [5.74, 6) is 0.678. The molecule has 0 saturated carbocycles. The lowest BCUT2D eigenvalue weighted by Crippen LogP contribution is -2.24. The van der Waals surface area contributed by atoms with Gasteiger partial charge in [0.15, 0.2) is 0 Å². The lowest BCUT2D eigenvalue weighted by molar-refractivity contribution is 0.0996. The van der Waals surface area contributed by atoms with Crippen LogP contribution in [-0.4, -0.2) is 44.9 Å². The molecule has 2 aliphatic rings. The fourth-order valence-electron chi connectivity index (χ4n) is 3.55. The van der Waals surface area contributed by atoms with E-state index >= 15 is 0 Å². The van der Waals surface area contributed by atoms with Crippen molar-refractivity contribution < 1.29 is 9.18 Å². The largest absolute Gasteiger partial charge is 0.354 e. The van der Waals surface area contributed by atoms with E-state index in [1.807, 2.05) is 23.1 Å². The van der Waals surface area contributed by atoms with Crippen molar-refractivity contribution in [3.8, 4) is 5.69 Å². The van der Waals surface area contributed by atoms with Gasteiger partial charge in [0.05, 0.1) is 48.1 Å². The molecule has 0 radical (unpaired) electrons. The highest BCUT2D eigenvalue weighted by Gasteiger charge is 2.32. The number of amides is 1. The number of nitrogens with zero attached hydrogens (tertiary/aromatic N) is 6. The lowest BCUT2D eigenvalue weighted by Gasteiger charge is -2.16. The van der Waals surface area contributed by atoms with Crippen molar-refractivity contribution in [2.75, 3.05) is 22.9 Å². The molecule has 7 nitrogen and oxygen atoms in total. The quantitative estimate of drug-likeness (QED) is 0.715. The third-order valence-electron chi connectivity index (χ3n) is 4.98. The average molecular weight is 363 g/mol. The highest BCUT2D eigenvalue weighted by atomic mass is 18.2. The van der Waals surface area contributed by atoms with Crippen molar-refractivity contribution in [3.05, 3.63) is 60.3 Å². The number of hydrogen-bond acceptors (Lipinski definition) is 5. The van der Waals surface area contributed by atoms with Crippen LogP contribution in [0.2, 0.25) is 0 Å². The first-order valence-corrected chi connectivity index (χ1v) is 8.85. The molecule has 1 atom stereocenters. The summed E-state index contributed by atoms with van der Waals surface area (Å²) in [5, 5.41) is 4.55. The highest BCUT2D eigenvalue weighted by molar-refractivity contribution is 6.09. The highest BCUT2D eigenvalue weighted by Crippen LogP contribution is 2.28. The molecule has 3 aromatic rings. The number of hydrogen-bond donors (Lipinski definition) is 0. The Bertz CT molecular complexity index is 987. The molecule has 5 heterocycles. The lowest BCUT2D eigenvalue weighted by atomic mass is 10.3. The predicted molar refractivity (Wildman–Crippen MR) is 97.8 cm³/mol. The molecule has 1 amide bonds. The fraction of sp³-hybridized carbons (Fsp3) is 0.263. The minimum atomic E-state index is -0.783. The van der Waals surface area contributed by atoms with Crippen LogP contribution in [0.4, 0.5) is 15.9 Å². The van der Waals surface area contributed by atoms with Gasteiger partial charge >= 0.3 is 0 Å². The molecule has 0 bridgehead atoms. The molecule has 0 spiro atoms. The number of carbonyl (C=O) groups excluding carboxylic acids is 1. The maximum atomic E-state index is 13.4. The summed E-state index contributed by atoms with van der Waals surface area (Å²) < 4.78 is 15.0. The van der Waals surface area contributed by atoms with Gasteiger partial charge in [0.1, 0.15) is 12.0 Å². The zero-order valence-electron chi connectivity index (χ0n) is 14.5. The fourth-order valence-corrected chi connectivity index (χ4v) is 3.55. The van der Waals surface area contributed by atoms with Gasteiger partial charge in [0.25, 0.3) is 5.91 Å². The molecule has 27 heavy (non-hydrogen) atoms. The van der Waals surface area contributed by atoms with Gasteiger partial charge in [-0.25, -0.2) is 14.1 Å². The van der Waals surface area contributed by atoms with Gasteiger partial charge in [-0.3, -0.25) is 9.78 Å². The van der Waals surface area contributed by atoms with E-state index in [0.717, 1.165) is 22.9 Å². The third-order valence-corrected chi connectivity index (χ3v) is 4.98. The maximum absolute atomic E-state index is 13.4. The molecule has 3 aromatic heterocycles. The maximum Gasteiger partial charge on any atom is 0.262 e. The van der Waals surface area contributed by atoms with Crippen LogP contribution < -0.4 is 9.80 Å². The van der Waals surface area contributed by atoms with Gasteiger partial charge in [-0.1, -0.05) is 0 Å². The third kappa shape index (κ3) is 2.73. The monoisotopic (exact) mass is 363 g/mol. The van der Waals surface area contributed by atoms with Gasteiger partial charge < -0.3 is 9.80 Å². The van der Waals surface area contributed by atoms with Crippen LogP contribution in [0.3, 0.4) is 0 Å². The number of pyridine rings is 2. The van der Waals surface area contributed by atoms with E-state index in [1.54, 1.807) is 40.4 Å². The molecule has 0 aromatic carbocycles. The second-order valence-electron chi connectivity index (χ2n) is 6.74. The molecule has 5 rings (SSSR count). The van der Waals surface area contributed by atoms with Crippen LogP contribution in [0, 0.1) is 0 Å². The Morgan fingerprint density at radius 1 is 1.15 bits per heavy atom. The summed E-state index contributed by atoms with van der Waals surface area (Å²) in [6, 6.07) is 7.41. The summed E-state index contributed by atoms with van der Waals surface area (Å²) in [6.45, 7) is 1.49. The SMILES string of the molecule is O=C1c2cn(-c3ccc(N4CC[C@H]([18F])C4)nc3)nc2CN1c1cccnc1. The first kappa shape index (κ1) is 15.9. The summed E-state index contributed by atoms with van der Waals surface area (Å²) in [4.78, 5) is 24.8. The Balaban J connectivity index is 1.37. The minimum absolute atomic E-state index is 0.0834. The topological polar surface area (TPSA) is 67.2 Å². The van der Waals surface area contributed by atoms with E-state index in [2.05, 4.69) is 15.1 Å². The van der Waals surface area contributed by atoms with Crippen molar-refractivity contribution in [1.82, 2.24) is 19.7 Å². The van der Waals surface area contributed by atoms with Crippen LogP contribution in [0.5, 0.6) is 0 Å². The summed E-state index contributed by atoms with van der Waals surface area (Å²) in [5.41, 5.74) is 2.84. The minimum Gasteiger partial charge on any atom is -0.354 e. The van der Waals surface area contributed by atoms with Gasteiger partial charge in [-0.05, 0) is 30.7 Å². The number of carbonyl (C=O) groups is 1. The predicted octanol–water partition coefficient (Wildman–Crippen LogP) is 2.37. The standard InChI is InChI=1S/C19H17FN6O/c20-13-5-7-24(10-13)18-4-3-15(9-22-18)26-11-16-17(23-26)12-25(19(16)27)14-2-1-6-21-8-14/h1-4,6,8-9,11,13H,5,7,10,12H2/t13-/m0/s1/i20-1. The van der Waals surface area contributed by atoms with E-state index in [4.69, 9.17) is 0 Å². The summed E-state index contributed by atoms with van der Waals surface area (Å²) in [7, 11) is 0. The summed E-state index contributed by atoms with van der Waals surface area (Å²) >= 11 is 0. The van der Waals surface area contributed by atoms with Crippen LogP contribution >= 0.6 is 0 Å².